The Bertz CT molecular complexity index is 603. The average molecular weight is 380 g/mol. The summed E-state index contributed by atoms with van der Waals surface area (Å²) in [6, 6.07) is 5.97. The van der Waals surface area contributed by atoms with Crippen LogP contribution in [0.1, 0.15) is 18.5 Å². The van der Waals surface area contributed by atoms with Gasteiger partial charge in [0, 0.05) is 39.8 Å². The molecule has 1 atom stereocenters. The first-order valence-electron chi connectivity index (χ1n) is 9.23. The summed E-state index contributed by atoms with van der Waals surface area (Å²) >= 11 is 0. The molecule has 8 heteroatoms. The normalized spacial score (nSPS) is 16.7. The second kappa shape index (κ2) is 11.0. The minimum absolute atomic E-state index is 0.00799. The number of amides is 2. The third kappa shape index (κ3) is 7.62. The van der Waals surface area contributed by atoms with Crippen LogP contribution >= 0.6 is 0 Å². The number of benzene rings is 1. The fraction of sp³-hybridized carbons (Fsp3) is 0.579. The third-order valence-corrected chi connectivity index (χ3v) is 4.58. The molecule has 1 unspecified atom stereocenters. The molecule has 1 heterocycles. The largest absolute Gasteiger partial charge is 0.383 e. The zero-order valence-electron chi connectivity index (χ0n) is 16.0. The summed E-state index contributed by atoms with van der Waals surface area (Å²) in [5, 5.41) is 5.75. The van der Waals surface area contributed by atoms with Gasteiger partial charge in [-0.05, 0) is 24.6 Å². The number of nitrogens with one attached hydrogen (secondary N) is 2. The summed E-state index contributed by atoms with van der Waals surface area (Å²) in [6.07, 6.45) is 0. The van der Waals surface area contributed by atoms with Gasteiger partial charge in [0.15, 0.2) is 0 Å². The van der Waals surface area contributed by atoms with Gasteiger partial charge in [-0.2, -0.15) is 0 Å². The van der Waals surface area contributed by atoms with E-state index >= 15 is 0 Å². The van der Waals surface area contributed by atoms with Gasteiger partial charge in [-0.25, -0.2) is 4.39 Å². The maximum Gasteiger partial charge on any atom is 0.234 e. The summed E-state index contributed by atoms with van der Waals surface area (Å²) < 4.78 is 17.9. The first-order chi connectivity index (χ1) is 13.0. The lowest BCUT2D eigenvalue weighted by Gasteiger charge is -2.34. The van der Waals surface area contributed by atoms with Gasteiger partial charge >= 0.3 is 0 Å². The van der Waals surface area contributed by atoms with Crippen LogP contribution in [-0.4, -0.2) is 81.1 Å². The van der Waals surface area contributed by atoms with Crippen molar-refractivity contribution in [1.82, 2.24) is 20.4 Å². The number of nitrogens with zero attached hydrogens (tertiary/aromatic N) is 2. The molecule has 1 saturated heterocycles. The standard InChI is InChI=1S/C19H29FN4O3/c1-15(16-3-5-17(20)6-4-16)22-19(26)14-24-10-8-23(9-11-24)13-18(25)21-7-12-27-2/h3-6,15H,7-14H2,1-2H3,(H,21,25)(H,22,26). The first-order valence-corrected chi connectivity index (χ1v) is 9.23. The van der Waals surface area contributed by atoms with Crippen LogP contribution in [0.5, 0.6) is 0 Å². The zero-order chi connectivity index (χ0) is 19.6. The molecule has 1 aliphatic heterocycles. The van der Waals surface area contributed by atoms with Crippen LogP contribution in [0.15, 0.2) is 24.3 Å². The van der Waals surface area contributed by atoms with E-state index in [0.29, 0.717) is 26.2 Å². The summed E-state index contributed by atoms with van der Waals surface area (Å²) in [5.41, 5.74) is 0.869. The molecule has 1 fully saturated rings. The van der Waals surface area contributed by atoms with Crippen LogP contribution in [0.4, 0.5) is 4.39 Å². The Balaban J connectivity index is 1.66. The third-order valence-electron chi connectivity index (χ3n) is 4.58. The summed E-state index contributed by atoms with van der Waals surface area (Å²) in [6.45, 7) is 6.56. The van der Waals surface area contributed by atoms with E-state index in [2.05, 4.69) is 20.4 Å². The summed E-state index contributed by atoms with van der Waals surface area (Å²) in [7, 11) is 1.60. The van der Waals surface area contributed by atoms with Gasteiger partial charge in [0.05, 0.1) is 25.7 Å². The van der Waals surface area contributed by atoms with Gasteiger partial charge in [-0.3, -0.25) is 19.4 Å². The first kappa shape index (κ1) is 21.3. The van der Waals surface area contributed by atoms with Crippen molar-refractivity contribution >= 4 is 11.8 Å². The highest BCUT2D eigenvalue weighted by Gasteiger charge is 2.21. The second-order valence-corrected chi connectivity index (χ2v) is 6.74. The fourth-order valence-electron chi connectivity index (χ4n) is 2.98. The second-order valence-electron chi connectivity index (χ2n) is 6.74. The Hall–Kier alpha value is -2.03. The number of hydrogen-bond donors (Lipinski definition) is 2. The fourth-order valence-corrected chi connectivity index (χ4v) is 2.98. The molecule has 150 valence electrons. The lowest BCUT2D eigenvalue weighted by Crippen LogP contribution is -2.51. The smallest absolute Gasteiger partial charge is 0.234 e. The Labute approximate surface area is 159 Å². The van der Waals surface area contributed by atoms with Gasteiger partial charge in [0.1, 0.15) is 5.82 Å². The van der Waals surface area contributed by atoms with Gasteiger partial charge < -0.3 is 15.4 Å². The van der Waals surface area contributed by atoms with E-state index in [1.165, 1.54) is 12.1 Å². The van der Waals surface area contributed by atoms with Crippen molar-refractivity contribution in [3.05, 3.63) is 35.6 Å². The maximum atomic E-state index is 13.0. The molecule has 0 spiro atoms. The molecule has 2 rings (SSSR count). The molecule has 1 aromatic carbocycles. The van der Waals surface area contributed by atoms with Crippen LogP contribution in [0.25, 0.3) is 0 Å². The molecule has 0 aromatic heterocycles. The van der Waals surface area contributed by atoms with Crippen molar-refractivity contribution in [1.29, 1.82) is 0 Å². The van der Waals surface area contributed by atoms with E-state index in [-0.39, 0.29) is 23.7 Å². The minimum atomic E-state index is -0.289. The summed E-state index contributed by atoms with van der Waals surface area (Å²) in [4.78, 5) is 28.2. The lowest BCUT2D eigenvalue weighted by molar-refractivity contribution is -0.125. The highest BCUT2D eigenvalue weighted by molar-refractivity contribution is 5.79. The number of methoxy groups -OCH3 is 1. The number of carbonyl (C=O) groups is 2. The molecule has 0 bridgehead atoms. The molecule has 2 N–H and O–H groups in total. The molecule has 2 amide bonds. The monoisotopic (exact) mass is 380 g/mol. The van der Waals surface area contributed by atoms with Crippen molar-refractivity contribution in [3.63, 3.8) is 0 Å². The zero-order valence-corrected chi connectivity index (χ0v) is 16.0. The number of hydrogen-bond acceptors (Lipinski definition) is 5. The maximum absolute atomic E-state index is 13.0. The molecule has 1 aliphatic rings. The van der Waals surface area contributed by atoms with E-state index in [1.807, 2.05) is 6.92 Å². The quantitative estimate of drug-likeness (QED) is 0.606. The Morgan fingerprint density at radius 1 is 1.07 bits per heavy atom. The van der Waals surface area contributed by atoms with Crippen LogP contribution in [0.2, 0.25) is 0 Å². The lowest BCUT2D eigenvalue weighted by atomic mass is 10.1. The molecular weight excluding hydrogens is 351 g/mol. The van der Waals surface area contributed by atoms with Crippen LogP contribution in [0.3, 0.4) is 0 Å². The van der Waals surface area contributed by atoms with Crippen LogP contribution in [-0.2, 0) is 14.3 Å². The average Bonchev–Trinajstić information content (AvgIpc) is 2.64. The van der Waals surface area contributed by atoms with E-state index in [0.717, 1.165) is 31.7 Å². The van der Waals surface area contributed by atoms with E-state index in [9.17, 15) is 14.0 Å². The van der Waals surface area contributed by atoms with Crippen molar-refractivity contribution in [2.24, 2.45) is 0 Å². The van der Waals surface area contributed by atoms with Crippen molar-refractivity contribution < 1.29 is 18.7 Å². The summed E-state index contributed by atoms with van der Waals surface area (Å²) in [5.74, 6) is -0.355. The van der Waals surface area contributed by atoms with Crippen LogP contribution in [0, 0.1) is 5.82 Å². The number of halogens is 1. The van der Waals surface area contributed by atoms with Gasteiger partial charge in [0.25, 0.3) is 0 Å². The molecule has 0 saturated carbocycles. The minimum Gasteiger partial charge on any atom is -0.383 e. The topological polar surface area (TPSA) is 73.9 Å². The Morgan fingerprint density at radius 2 is 1.63 bits per heavy atom. The predicted molar refractivity (Wildman–Crippen MR) is 101 cm³/mol. The highest BCUT2D eigenvalue weighted by atomic mass is 19.1. The van der Waals surface area contributed by atoms with Crippen molar-refractivity contribution in [3.8, 4) is 0 Å². The molecule has 0 radical (unpaired) electrons. The molecule has 7 nitrogen and oxygen atoms in total. The molecule has 0 aliphatic carbocycles. The number of carbonyl (C=O) groups excluding carboxylic acids is 2. The SMILES string of the molecule is COCCNC(=O)CN1CCN(CC(=O)NC(C)c2ccc(F)cc2)CC1. The van der Waals surface area contributed by atoms with Gasteiger partial charge in [-0.15, -0.1) is 0 Å². The van der Waals surface area contributed by atoms with Crippen molar-refractivity contribution in [2.45, 2.75) is 13.0 Å². The van der Waals surface area contributed by atoms with Gasteiger partial charge in [0.2, 0.25) is 11.8 Å². The van der Waals surface area contributed by atoms with Crippen LogP contribution < -0.4 is 10.6 Å². The molecule has 1 aromatic rings. The van der Waals surface area contributed by atoms with Crippen molar-refractivity contribution in [2.75, 3.05) is 59.5 Å². The molecule has 27 heavy (non-hydrogen) atoms. The number of piperazine rings is 1. The predicted octanol–water partition coefficient (Wildman–Crippen LogP) is 0.383. The highest BCUT2D eigenvalue weighted by Crippen LogP contribution is 2.12. The molecular formula is C19H29FN4O3. The van der Waals surface area contributed by atoms with E-state index < -0.39 is 0 Å². The van der Waals surface area contributed by atoms with Gasteiger partial charge in [-0.1, -0.05) is 12.1 Å². The van der Waals surface area contributed by atoms with E-state index in [4.69, 9.17) is 4.74 Å². The number of ether oxygens (including phenoxy) is 1. The Morgan fingerprint density at radius 3 is 2.19 bits per heavy atom. The number of rotatable bonds is 9. The van der Waals surface area contributed by atoms with E-state index in [1.54, 1.807) is 19.2 Å². The Kier molecular flexibility index (Phi) is 8.63.